The van der Waals surface area contributed by atoms with Gasteiger partial charge in [0.25, 0.3) is 23.6 Å². The van der Waals surface area contributed by atoms with Crippen molar-refractivity contribution in [3.8, 4) is 11.1 Å². The van der Waals surface area contributed by atoms with Gasteiger partial charge in [-0.3, -0.25) is 39.1 Å². The van der Waals surface area contributed by atoms with Crippen LogP contribution in [0.25, 0.3) is 11.1 Å². The number of fused-ring (bicyclic) bond motifs is 2. The van der Waals surface area contributed by atoms with Gasteiger partial charge in [0.15, 0.2) is 5.13 Å². The molecular formula is C50H55N9O8S. The summed E-state index contributed by atoms with van der Waals surface area (Å²) in [6.45, 7) is 10.0. The number of hydrogen-bond acceptors (Lipinski definition) is 15. The molecule has 0 saturated carbocycles. The van der Waals surface area contributed by atoms with Crippen LogP contribution in [-0.4, -0.2) is 145 Å². The summed E-state index contributed by atoms with van der Waals surface area (Å²) >= 11 is 1.54. The zero-order valence-electron chi connectivity index (χ0n) is 38.0. The number of aromatic nitrogens is 2. The maximum atomic E-state index is 13.9. The van der Waals surface area contributed by atoms with E-state index >= 15 is 0 Å². The van der Waals surface area contributed by atoms with Crippen molar-refractivity contribution in [2.75, 3.05) is 101 Å². The molecule has 0 aliphatic carbocycles. The van der Waals surface area contributed by atoms with E-state index in [-0.39, 0.29) is 35.9 Å². The Kier molecular flexibility index (Phi) is 14.5. The first-order valence-electron chi connectivity index (χ1n) is 23.1. The van der Waals surface area contributed by atoms with E-state index in [1.807, 2.05) is 40.7 Å². The SMILES string of the molecule is CC1(N2C(=O)c3cccc(NCCOCCOCCOCCN4CCN(c5ccc(-c6ccc7c(c6)C(=O)N(C(CNc6nccs6)c6ccccc6)C7)cn5)CC4)c3C2=O)CCC(=O)NC1=O. The molecule has 4 aliphatic heterocycles. The quantitative estimate of drug-likeness (QED) is 0.0652. The molecule has 17 nitrogen and oxygen atoms in total. The summed E-state index contributed by atoms with van der Waals surface area (Å²) in [5.74, 6) is -1.24. The fourth-order valence-electron chi connectivity index (χ4n) is 9.16. The lowest BCUT2D eigenvalue weighted by Crippen LogP contribution is -2.62. The number of anilines is 3. The van der Waals surface area contributed by atoms with Crippen LogP contribution < -0.4 is 20.9 Å². The van der Waals surface area contributed by atoms with Gasteiger partial charge in [0.05, 0.1) is 56.8 Å². The molecule has 3 N–H and O–H groups in total. The van der Waals surface area contributed by atoms with E-state index in [4.69, 9.17) is 19.2 Å². The molecule has 0 radical (unpaired) electrons. The van der Waals surface area contributed by atoms with Gasteiger partial charge >= 0.3 is 0 Å². The minimum absolute atomic E-state index is 0.0250. The van der Waals surface area contributed by atoms with Gasteiger partial charge in [-0.1, -0.05) is 48.5 Å². The molecule has 5 amide bonds. The Hall–Kier alpha value is -6.57. The number of carbonyl (C=O) groups excluding carboxylic acids is 5. The van der Waals surface area contributed by atoms with Crippen LogP contribution in [0.1, 0.15) is 68.0 Å². The Morgan fingerprint density at radius 2 is 1.53 bits per heavy atom. The standard InChI is InChI=1S/C50H55N9O8S/c1-50(15-14-43(60)55-48(50)64)59-46(62)38-8-5-9-40(44(38)47(59)63)51-16-23-65-25-27-67-28-26-66-24-22-56-18-20-57(21-19-56)42-13-12-36(31-53-42)35-10-11-37-33-58(45(61)39(37)30-35)41(34-6-3-2-4-7-34)32-54-49-52-17-29-68-49/h2-13,17,29-31,41,51H,14-16,18-28,32-33H2,1H3,(H,52,54)(H,55,60,64). The van der Waals surface area contributed by atoms with Crippen molar-refractivity contribution in [3.05, 3.63) is 124 Å². The summed E-state index contributed by atoms with van der Waals surface area (Å²) in [5.41, 5.74) is 4.22. The highest BCUT2D eigenvalue weighted by Gasteiger charge is 2.53. The lowest BCUT2D eigenvalue weighted by Gasteiger charge is -2.38. The second-order valence-electron chi connectivity index (χ2n) is 17.3. The van der Waals surface area contributed by atoms with Crippen LogP contribution in [0.4, 0.5) is 16.6 Å². The first kappa shape index (κ1) is 46.5. The van der Waals surface area contributed by atoms with Crippen LogP contribution in [0.5, 0.6) is 0 Å². The monoisotopic (exact) mass is 941 g/mol. The molecular weight excluding hydrogens is 887 g/mol. The van der Waals surface area contributed by atoms with Crippen LogP contribution in [0, 0.1) is 0 Å². The van der Waals surface area contributed by atoms with Crippen LogP contribution in [0.15, 0.2) is 96.6 Å². The molecule has 68 heavy (non-hydrogen) atoms. The molecule has 0 bridgehead atoms. The number of thiazole rings is 1. The van der Waals surface area contributed by atoms with Crippen molar-refractivity contribution >= 4 is 57.5 Å². The number of nitrogens with zero attached hydrogens (tertiary/aromatic N) is 6. The summed E-state index contributed by atoms with van der Waals surface area (Å²) in [7, 11) is 0. The van der Waals surface area contributed by atoms with Gasteiger partial charge in [-0.25, -0.2) is 9.97 Å². The molecule has 6 heterocycles. The average molecular weight is 942 g/mol. The van der Waals surface area contributed by atoms with Crippen molar-refractivity contribution < 1.29 is 38.2 Å². The predicted molar refractivity (Wildman–Crippen MR) is 257 cm³/mol. The molecule has 2 unspecified atom stereocenters. The topological polar surface area (TPSA) is 188 Å². The molecule has 3 aromatic carbocycles. The van der Waals surface area contributed by atoms with Gasteiger partial charge < -0.3 is 34.6 Å². The number of piperidine rings is 1. The molecule has 5 aromatic rings. The van der Waals surface area contributed by atoms with E-state index in [0.717, 1.165) is 76.4 Å². The van der Waals surface area contributed by atoms with Gasteiger partial charge in [0.2, 0.25) is 5.91 Å². The highest BCUT2D eigenvalue weighted by molar-refractivity contribution is 7.13. The molecule has 2 aromatic heterocycles. The number of benzene rings is 3. The van der Waals surface area contributed by atoms with Gasteiger partial charge in [-0.05, 0) is 60.4 Å². The van der Waals surface area contributed by atoms with Crippen molar-refractivity contribution in [1.82, 2.24) is 30.0 Å². The van der Waals surface area contributed by atoms with Gasteiger partial charge in [-0.15, -0.1) is 11.3 Å². The summed E-state index contributed by atoms with van der Waals surface area (Å²) < 4.78 is 17.2. The van der Waals surface area contributed by atoms with Crippen LogP contribution in [-0.2, 0) is 30.3 Å². The largest absolute Gasteiger partial charge is 0.382 e. The lowest BCUT2D eigenvalue weighted by atomic mass is 9.89. The first-order chi connectivity index (χ1) is 33.2. The van der Waals surface area contributed by atoms with Crippen LogP contribution in [0.2, 0.25) is 0 Å². The molecule has 2 fully saturated rings. The summed E-state index contributed by atoms with van der Waals surface area (Å²) in [4.78, 5) is 81.9. The summed E-state index contributed by atoms with van der Waals surface area (Å²) in [6, 6.07) is 25.3. The molecule has 354 valence electrons. The summed E-state index contributed by atoms with van der Waals surface area (Å²) in [5, 5.41) is 11.6. The number of pyridine rings is 1. The second kappa shape index (κ2) is 21.2. The smallest absolute Gasteiger partial charge is 0.264 e. The summed E-state index contributed by atoms with van der Waals surface area (Å²) in [6.07, 6.45) is 3.79. The lowest BCUT2D eigenvalue weighted by molar-refractivity contribution is -0.140. The number of hydrogen-bond donors (Lipinski definition) is 3. The number of rotatable bonds is 21. The zero-order valence-corrected chi connectivity index (χ0v) is 38.8. The molecule has 18 heteroatoms. The maximum absolute atomic E-state index is 13.9. The van der Waals surface area contributed by atoms with E-state index in [2.05, 4.69) is 67.1 Å². The Morgan fingerprint density at radius 3 is 2.26 bits per heavy atom. The van der Waals surface area contributed by atoms with Crippen molar-refractivity contribution in [2.45, 2.75) is 37.9 Å². The van der Waals surface area contributed by atoms with E-state index < -0.39 is 29.2 Å². The Labute approximate surface area is 398 Å². The number of carbonyl (C=O) groups is 5. The molecule has 4 aliphatic rings. The Morgan fingerprint density at radius 1 is 0.765 bits per heavy atom. The number of piperazine rings is 1. The molecule has 2 saturated heterocycles. The molecule has 2 atom stereocenters. The Balaban J connectivity index is 0.641. The van der Waals surface area contributed by atoms with Gasteiger partial charge in [-0.2, -0.15) is 0 Å². The minimum Gasteiger partial charge on any atom is -0.382 e. The Bertz CT molecular complexity index is 2610. The highest BCUT2D eigenvalue weighted by Crippen LogP contribution is 2.38. The fraction of sp³-hybridized carbons (Fsp3) is 0.380. The molecule has 0 spiro atoms. The van der Waals surface area contributed by atoms with Crippen molar-refractivity contribution in [2.24, 2.45) is 0 Å². The normalized spacial score (nSPS) is 18.8. The average Bonchev–Trinajstić information content (AvgIpc) is 4.07. The van der Waals surface area contributed by atoms with Crippen molar-refractivity contribution in [1.29, 1.82) is 0 Å². The van der Waals surface area contributed by atoms with Gasteiger partial charge in [0, 0.05) is 93.4 Å². The number of amides is 5. The maximum Gasteiger partial charge on any atom is 0.264 e. The first-order valence-corrected chi connectivity index (χ1v) is 23.9. The van der Waals surface area contributed by atoms with E-state index in [0.29, 0.717) is 65.0 Å². The van der Waals surface area contributed by atoms with Crippen LogP contribution >= 0.6 is 11.3 Å². The third kappa shape index (κ3) is 10.1. The number of imide groups is 2. The third-order valence-corrected chi connectivity index (χ3v) is 13.7. The van der Waals surface area contributed by atoms with Crippen molar-refractivity contribution in [3.63, 3.8) is 0 Å². The third-order valence-electron chi connectivity index (χ3n) is 13.0. The zero-order chi connectivity index (χ0) is 47.0. The fourth-order valence-corrected chi connectivity index (χ4v) is 9.70. The minimum atomic E-state index is -1.45. The predicted octanol–water partition coefficient (Wildman–Crippen LogP) is 5.09. The van der Waals surface area contributed by atoms with E-state index in [9.17, 15) is 24.0 Å². The van der Waals surface area contributed by atoms with E-state index in [1.54, 1.807) is 35.7 Å². The number of ether oxygens (including phenoxy) is 3. The highest BCUT2D eigenvalue weighted by atomic mass is 32.1. The molecule has 9 rings (SSSR count). The van der Waals surface area contributed by atoms with Gasteiger partial charge in [0.1, 0.15) is 11.4 Å². The number of nitrogens with one attached hydrogen (secondary N) is 3. The second-order valence-corrected chi connectivity index (χ2v) is 18.2. The van der Waals surface area contributed by atoms with E-state index in [1.165, 1.54) is 6.92 Å². The van der Waals surface area contributed by atoms with Crippen LogP contribution in [0.3, 0.4) is 0 Å².